The van der Waals surface area contributed by atoms with E-state index in [4.69, 9.17) is 4.74 Å². The molecular formula is C20H24N2O2. The van der Waals surface area contributed by atoms with E-state index in [2.05, 4.69) is 37.0 Å². The van der Waals surface area contributed by atoms with Crippen LogP contribution in [-0.4, -0.2) is 28.1 Å². The molecule has 0 unspecified atom stereocenters. The van der Waals surface area contributed by atoms with E-state index in [1.54, 1.807) is 0 Å². The molecule has 4 heteroatoms. The Morgan fingerprint density at radius 2 is 2.00 bits per heavy atom. The van der Waals surface area contributed by atoms with Gasteiger partial charge in [0.1, 0.15) is 11.1 Å². The number of aryl methyl sites for hydroxylation is 1. The van der Waals surface area contributed by atoms with Crippen LogP contribution in [-0.2, 0) is 16.7 Å². The second kappa shape index (κ2) is 4.56. The van der Waals surface area contributed by atoms with Crippen LogP contribution >= 0.6 is 0 Å². The fraction of sp³-hybridized carbons (Fsp3) is 0.550. The molecule has 1 spiro atoms. The monoisotopic (exact) mass is 324 g/mol. The summed E-state index contributed by atoms with van der Waals surface area (Å²) in [5, 5.41) is 1.32. The molecule has 0 radical (unpaired) electrons. The number of nitrogens with one attached hydrogen (secondary N) is 1. The maximum Gasteiger partial charge on any atom is 0.411 e. The molecule has 4 nitrogen and oxygen atoms in total. The molecule has 5 rings (SSSR count). The number of hydrogen-bond acceptors (Lipinski definition) is 2. The average Bonchev–Trinajstić information content (AvgIpc) is 2.92. The molecule has 126 valence electrons. The third-order valence-electron chi connectivity index (χ3n) is 6.84. The van der Waals surface area contributed by atoms with Gasteiger partial charge in [0.15, 0.2) is 0 Å². The van der Waals surface area contributed by atoms with Crippen LogP contribution in [0.2, 0.25) is 0 Å². The van der Waals surface area contributed by atoms with Gasteiger partial charge in [-0.1, -0.05) is 18.6 Å². The molecule has 1 N–H and O–H groups in total. The fourth-order valence-electron chi connectivity index (χ4n) is 5.56. The number of carbonyl (C=O) groups is 1. The van der Waals surface area contributed by atoms with Crippen molar-refractivity contribution < 1.29 is 9.53 Å². The number of fused-ring (bicyclic) bond motifs is 3. The number of aromatic amines is 1. The van der Waals surface area contributed by atoms with Gasteiger partial charge in [-0.3, -0.25) is 4.90 Å². The zero-order valence-corrected chi connectivity index (χ0v) is 14.4. The highest BCUT2D eigenvalue weighted by Crippen LogP contribution is 2.56. The number of ether oxygens (including phenoxy) is 1. The smallest absolute Gasteiger partial charge is 0.411 e. The minimum atomic E-state index is -0.372. The number of hydrogen-bond donors (Lipinski definition) is 1. The number of aromatic nitrogens is 1. The maximum atomic E-state index is 12.8. The third-order valence-corrected chi connectivity index (χ3v) is 6.84. The van der Waals surface area contributed by atoms with E-state index in [1.165, 1.54) is 34.1 Å². The van der Waals surface area contributed by atoms with Gasteiger partial charge in [0, 0.05) is 23.1 Å². The molecule has 3 heterocycles. The number of rotatable bonds is 0. The second-order valence-corrected chi connectivity index (χ2v) is 7.85. The van der Waals surface area contributed by atoms with E-state index >= 15 is 0 Å². The summed E-state index contributed by atoms with van der Waals surface area (Å²) >= 11 is 0. The largest absolute Gasteiger partial charge is 0.440 e. The van der Waals surface area contributed by atoms with Crippen LogP contribution < -0.4 is 0 Å². The van der Waals surface area contributed by atoms with Crippen molar-refractivity contribution in [2.75, 3.05) is 6.54 Å². The summed E-state index contributed by atoms with van der Waals surface area (Å²) in [6, 6.07) is 6.49. The Bertz CT molecular complexity index is 847. The van der Waals surface area contributed by atoms with Gasteiger partial charge in [-0.05, 0) is 63.1 Å². The van der Waals surface area contributed by atoms with Crippen LogP contribution in [0.15, 0.2) is 18.2 Å². The van der Waals surface area contributed by atoms with Crippen molar-refractivity contribution in [3.05, 3.63) is 35.0 Å². The van der Waals surface area contributed by atoms with Crippen LogP contribution in [0.25, 0.3) is 10.9 Å². The second-order valence-electron chi connectivity index (χ2n) is 7.85. The highest BCUT2D eigenvalue weighted by Gasteiger charge is 2.63. The molecule has 1 atom stereocenters. The van der Waals surface area contributed by atoms with Gasteiger partial charge < -0.3 is 9.72 Å². The molecule has 1 amide bonds. The molecule has 1 saturated carbocycles. The lowest BCUT2D eigenvalue weighted by Gasteiger charge is -2.46. The minimum Gasteiger partial charge on any atom is -0.440 e. The van der Waals surface area contributed by atoms with Crippen molar-refractivity contribution in [3.8, 4) is 0 Å². The van der Waals surface area contributed by atoms with E-state index in [9.17, 15) is 4.79 Å². The molecule has 0 bridgehead atoms. The van der Waals surface area contributed by atoms with E-state index in [0.29, 0.717) is 0 Å². The van der Waals surface area contributed by atoms with Gasteiger partial charge in [0.05, 0.1) is 0 Å². The van der Waals surface area contributed by atoms with E-state index in [-0.39, 0.29) is 17.2 Å². The first-order valence-electron chi connectivity index (χ1n) is 9.18. The summed E-state index contributed by atoms with van der Waals surface area (Å²) in [4.78, 5) is 18.4. The normalized spacial score (nSPS) is 28.1. The Morgan fingerprint density at radius 1 is 1.21 bits per heavy atom. The first-order valence-corrected chi connectivity index (χ1v) is 9.18. The van der Waals surface area contributed by atoms with Crippen LogP contribution in [0.1, 0.15) is 55.8 Å². The number of carbonyl (C=O) groups excluding carboxylic acids is 1. The third kappa shape index (κ3) is 1.52. The van der Waals surface area contributed by atoms with E-state index < -0.39 is 0 Å². The van der Waals surface area contributed by atoms with Crippen LogP contribution in [0, 0.1) is 6.92 Å². The Labute approximate surface area is 142 Å². The van der Waals surface area contributed by atoms with Crippen molar-refractivity contribution in [1.82, 2.24) is 9.88 Å². The first-order chi connectivity index (χ1) is 11.6. The quantitative estimate of drug-likeness (QED) is 0.780. The Kier molecular flexibility index (Phi) is 2.73. The van der Waals surface area contributed by atoms with Crippen molar-refractivity contribution in [1.29, 1.82) is 0 Å². The predicted octanol–water partition coefficient (Wildman–Crippen LogP) is 4.40. The van der Waals surface area contributed by atoms with Gasteiger partial charge >= 0.3 is 6.09 Å². The first kappa shape index (κ1) is 14.4. The molecule has 24 heavy (non-hydrogen) atoms. The average molecular weight is 324 g/mol. The van der Waals surface area contributed by atoms with Gasteiger partial charge in [-0.25, -0.2) is 4.79 Å². The fourth-order valence-corrected chi connectivity index (χ4v) is 5.56. The number of benzene rings is 1. The van der Waals surface area contributed by atoms with Gasteiger partial charge in [0.25, 0.3) is 0 Å². The highest BCUT2D eigenvalue weighted by atomic mass is 16.6. The summed E-state index contributed by atoms with van der Waals surface area (Å²) in [5.41, 5.74) is 4.31. The molecule has 2 aliphatic heterocycles. The zero-order chi connectivity index (χ0) is 16.5. The number of H-pyrrole nitrogens is 1. The molecule has 3 aliphatic rings. The van der Waals surface area contributed by atoms with Crippen LogP contribution in [0.3, 0.4) is 0 Å². The van der Waals surface area contributed by atoms with Crippen LogP contribution in [0.5, 0.6) is 0 Å². The lowest BCUT2D eigenvalue weighted by atomic mass is 9.67. The van der Waals surface area contributed by atoms with Crippen molar-refractivity contribution in [2.24, 2.45) is 0 Å². The lowest BCUT2D eigenvalue weighted by Crippen LogP contribution is -2.54. The van der Waals surface area contributed by atoms with Crippen LogP contribution in [0.4, 0.5) is 4.79 Å². The predicted molar refractivity (Wildman–Crippen MR) is 93.1 cm³/mol. The molecule has 1 saturated heterocycles. The topological polar surface area (TPSA) is 45.3 Å². The zero-order valence-electron chi connectivity index (χ0n) is 14.4. The lowest BCUT2D eigenvalue weighted by molar-refractivity contribution is -0.0399. The Hall–Kier alpha value is -1.97. The molecule has 1 aliphatic carbocycles. The van der Waals surface area contributed by atoms with Gasteiger partial charge in [-0.2, -0.15) is 0 Å². The Balaban J connectivity index is 1.83. The Morgan fingerprint density at radius 3 is 2.79 bits per heavy atom. The molecule has 1 aromatic heterocycles. The standard InChI is InChI=1S/C20H24N2O2/c1-13-14-9-12-22-18(23)24-20(10-4-3-5-11-20)19(22,2)15-7-6-8-16(21-13)17(14)15/h6-8,21H,3-5,9-12H2,1-2H3/t19-/m1/s1. The SMILES string of the molecule is Cc1[nH]c2cccc3c2c1CCN1C(=O)OC2(CCCCC2)[C@@]31C. The maximum absolute atomic E-state index is 12.8. The van der Waals surface area contributed by atoms with Crippen molar-refractivity contribution in [2.45, 2.75) is 63.5 Å². The molecule has 2 aromatic rings. The summed E-state index contributed by atoms with van der Waals surface area (Å²) < 4.78 is 6.13. The number of nitrogens with zero attached hydrogens (tertiary/aromatic N) is 1. The number of amides is 1. The molecule has 2 fully saturated rings. The molecule has 1 aromatic carbocycles. The summed E-state index contributed by atoms with van der Waals surface area (Å²) in [6.07, 6.45) is 6.25. The van der Waals surface area contributed by atoms with Crippen molar-refractivity contribution in [3.63, 3.8) is 0 Å². The van der Waals surface area contributed by atoms with E-state index in [0.717, 1.165) is 38.6 Å². The van der Waals surface area contributed by atoms with Gasteiger partial charge in [-0.15, -0.1) is 0 Å². The summed E-state index contributed by atoms with van der Waals surface area (Å²) in [5.74, 6) is 0. The van der Waals surface area contributed by atoms with Gasteiger partial charge in [0.2, 0.25) is 0 Å². The highest BCUT2D eigenvalue weighted by molar-refractivity contribution is 5.91. The molecular weight excluding hydrogens is 300 g/mol. The van der Waals surface area contributed by atoms with Crippen molar-refractivity contribution >= 4 is 17.0 Å². The summed E-state index contributed by atoms with van der Waals surface area (Å²) in [7, 11) is 0. The summed E-state index contributed by atoms with van der Waals surface area (Å²) in [6.45, 7) is 5.13. The van der Waals surface area contributed by atoms with E-state index in [1.807, 2.05) is 4.90 Å². The minimum absolute atomic E-state index is 0.122.